The first-order valence-corrected chi connectivity index (χ1v) is 27.4. The van der Waals surface area contributed by atoms with Crippen LogP contribution in [0.25, 0.3) is 0 Å². The van der Waals surface area contributed by atoms with Gasteiger partial charge in [0.25, 0.3) is 6.29 Å². The van der Waals surface area contributed by atoms with Crippen LogP contribution in [0.2, 0.25) is 0 Å². The quantitative estimate of drug-likeness (QED) is 0.0211. The number of hydrogen-bond donors (Lipinski definition) is 1. The lowest BCUT2D eigenvalue weighted by Gasteiger charge is -2.25. The molecule has 0 rings (SSSR count). The van der Waals surface area contributed by atoms with E-state index in [9.17, 15) is 19.5 Å². The Bertz CT molecular complexity index is 1450. The Morgan fingerprint density at radius 1 is 0.435 bits per heavy atom. The number of carboxylic acid groups (broad SMARTS) is 1. The molecule has 0 bridgehead atoms. The van der Waals surface area contributed by atoms with Crippen molar-refractivity contribution in [2.24, 2.45) is 0 Å². The number of unbranched alkanes of at least 4 members (excludes halogenated alkanes) is 18. The summed E-state index contributed by atoms with van der Waals surface area (Å²) in [5.74, 6) is -2.07. The van der Waals surface area contributed by atoms with E-state index < -0.39 is 24.3 Å². The number of allylic oxidation sites excluding steroid dienone is 16. The number of carbonyl (C=O) groups excluding carboxylic acids is 2. The normalized spacial score (nSPS) is 13.6. The summed E-state index contributed by atoms with van der Waals surface area (Å²) >= 11 is 0. The number of rotatable bonds is 49. The average Bonchev–Trinajstić information content (AvgIpc) is 3.31. The summed E-state index contributed by atoms with van der Waals surface area (Å²) in [6, 6.07) is 0. The lowest BCUT2D eigenvalue weighted by molar-refractivity contribution is -0.870. The molecule has 394 valence electrons. The molecule has 0 amide bonds. The van der Waals surface area contributed by atoms with Crippen molar-refractivity contribution in [1.82, 2.24) is 0 Å². The maximum absolute atomic E-state index is 12.9. The first-order chi connectivity index (χ1) is 33.6. The van der Waals surface area contributed by atoms with Crippen LogP contribution >= 0.6 is 0 Å². The van der Waals surface area contributed by atoms with Gasteiger partial charge in [-0.05, 0) is 89.9 Å². The van der Waals surface area contributed by atoms with Gasteiger partial charge in [-0.3, -0.25) is 9.59 Å². The van der Waals surface area contributed by atoms with Crippen molar-refractivity contribution in [3.63, 3.8) is 0 Å². The monoisotopic (exact) mass is 965 g/mol. The first kappa shape index (κ1) is 65.2. The minimum atomic E-state index is -1.52. The second-order valence-electron chi connectivity index (χ2n) is 19.1. The number of esters is 2. The molecule has 9 nitrogen and oxygen atoms in total. The highest BCUT2D eigenvalue weighted by Gasteiger charge is 2.25. The van der Waals surface area contributed by atoms with Gasteiger partial charge in [-0.15, -0.1) is 0 Å². The molecule has 2 unspecified atom stereocenters. The van der Waals surface area contributed by atoms with Crippen LogP contribution in [0.3, 0.4) is 0 Å². The topological polar surface area (TPSA) is 108 Å². The Balaban J connectivity index is 4.24. The molecule has 0 saturated carbocycles. The molecule has 69 heavy (non-hydrogen) atoms. The number of nitrogens with zero attached hydrogens (tertiary/aromatic N) is 1. The fourth-order valence-electron chi connectivity index (χ4n) is 7.17. The SMILES string of the molecule is CC/C=C\C/C=C\C/C=C\C/C=C\CCCCCCCCCCCCCCCCCCC(=O)OC(COC(=O)CCCC/C=C\C/C=C\C/C=C\C/C=C\CC)COC(OCC[N+](C)(C)C)C(=O)O. The van der Waals surface area contributed by atoms with Crippen molar-refractivity contribution in [1.29, 1.82) is 0 Å². The van der Waals surface area contributed by atoms with E-state index in [0.717, 1.165) is 83.5 Å². The Hall–Kier alpha value is -3.79. The smallest absolute Gasteiger partial charge is 0.361 e. The van der Waals surface area contributed by atoms with Crippen molar-refractivity contribution in [2.75, 3.05) is 47.5 Å². The third kappa shape index (κ3) is 51.9. The third-order valence-corrected chi connectivity index (χ3v) is 11.3. The van der Waals surface area contributed by atoms with Gasteiger partial charge in [0.2, 0.25) is 0 Å². The van der Waals surface area contributed by atoms with Gasteiger partial charge in [-0.1, -0.05) is 201 Å². The van der Waals surface area contributed by atoms with Gasteiger partial charge >= 0.3 is 17.9 Å². The number of carboxylic acids is 1. The molecule has 0 aromatic carbocycles. The number of likely N-dealkylation sites (N-methyl/N-ethyl adjacent to an activating group) is 1. The van der Waals surface area contributed by atoms with Crippen LogP contribution in [-0.4, -0.2) is 87.4 Å². The van der Waals surface area contributed by atoms with Crippen molar-refractivity contribution in [2.45, 2.75) is 219 Å². The summed E-state index contributed by atoms with van der Waals surface area (Å²) in [6.45, 7) is 4.59. The van der Waals surface area contributed by atoms with Gasteiger partial charge in [0.15, 0.2) is 6.10 Å². The molecule has 9 heteroatoms. The molecule has 2 atom stereocenters. The molecule has 0 spiro atoms. The van der Waals surface area contributed by atoms with Gasteiger partial charge in [-0.2, -0.15) is 0 Å². The fourth-order valence-corrected chi connectivity index (χ4v) is 7.17. The van der Waals surface area contributed by atoms with Crippen LogP contribution in [0.4, 0.5) is 0 Å². The van der Waals surface area contributed by atoms with Crippen molar-refractivity contribution in [3.8, 4) is 0 Å². The predicted octanol–water partition coefficient (Wildman–Crippen LogP) is 15.8. The summed E-state index contributed by atoms with van der Waals surface area (Å²) in [7, 11) is 5.95. The Morgan fingerprint density at radius 2 is 0.783 bits per heavy atom. The predicted molar refractivity (Wildman–Crippen MR) is 290 cm³/mol. The largest absolute Gasteiger partial charge is 0.477 e. The van der Waals surface area contributed by atoms with Gasteiger partial charge in [0.1, 0.15) is 13.2 Å². The van der Waals surface area contributed by atoms with E-state index in [-0.39, 0.29) is 38.6 Å². The summed E-state index contributed by atoms with van der Waals surface area (Å²) in [4.78, 5) is 37.3. The van der Waals surface area contributed by atoms with Crippen molar-refractivity contribution >= 4 is 17.9 Å². The minimum Gasteiger partial charge on any atom is -0.477 e. The van der Waals surface area contributed by atoms with E-state index in [4.69, 9.17) is 18.9 Å². The Kier molecular flexibility index (Phi) is 47.8. The highest BCUT2D eigenvalue weighted by Crippen LogP contribution is 2.15. The third-order valence-electron chi connectivity index (χ3n) is 11.3. The molecule has 0 aliphatic rings. The van der Waals surface area contributed by atoms with Crippen LogP contribution in [-0.2, 0) is 33.3 Å². The summed E-state index contributed by atoms with van der Waals surface area (Å²) in [6.07, 6.45) is 64.9. The highest BCUT2D eigenvalue weighted by atomic mass is 16.7. The second kappa shape index (κ2) is 50.6. The number of aliphatic carboxylic acids is 1. The summed E-state index contributed by atoms with van der Waals surface area (Å²) in [5, 5.41) is 9.68. The van der Waals surface area contributed by atoms with Crippen LogP contribution in [0, 0.1) is 0 Å². The van der Waals surface area contributed by atoms with Crippen LogP contribution in [0.1, 0.15) is 206 Å². The molecule has 0 radical (unpaired) electrons. The van der Waals surface area contributed by atoms with Gasteiger partial charge in [-0.25, -0.2) is 4.79 Å². The maximum Gasteiger partial charge on any atom is 0.361 e. The van der Waals surface area contributed by atoms with E-state index >= 15 is 0 Å². The lowest BCUT2D eigenvalue weighted by Crippen LogP contribution is -2.40. The lowest BCUT2D eigenvalue weighted by atomic mass is 10.0. The van der Waals surface area contributed by atoms with E-state index in [2.05, 4.69) is 111 Å². The molecule has 0 aromatic heterocycles. The van der Waals surface area contributed by atoms with Crippen molar-refractivity contribution < 1.29 is 42.9 Å². The van der Waals surface area contributed by atoms with Crippen LogP contribution in [0.5, 0.6) is 0 Å². The molecular weight excluding hydrogens is 863 g/mol. The molecule has 0 fully saturated rings. The Labute approximate surface area is 422 Å². The number of quaternary nitrogens is 1. The molecule has 0 aliphatic heterocycles. The van der Waals surface area contributed by atoms with E-state index in [1.165, 1.54) is 83.5 Å². The molecular formula is C60H102NO8+. The van der Waals surface area contributed by atoms with Crippen molar-refractivity contribution in [3.05, 3.63) is 97.2 Å². The second-order valence-corrected chi connectivity index (χ2v) is 19.1. The molecule has 0 heterocycles. The zero-order valence-corrected chi connectivity index (χ0v) is 44.7. The molecule has 1 N–H and O–H groups in total. The zero-order chi connectivity index (χ0) is 50.6. The van der Waals surface area contributed by atoms with Gasteiger partial charge in [0, 0.05) is 12.8 Å². The van der Waals surface area contributed by atoms with Crippen LogP contribution in [0.15, 0.2) is 97.2 Å². The average molecular weight is 965 g/mol. The molecule has 0 aliphatic carbocycles. The van der Waals surface area contributed by atoms with Gasteiger partial charge < -0.3 is 28.5 Å². The van der Waals surface area contributed by atoms with E-state index in [1.54, 1.807) is 0 Å². The number of carbonyl (C=O) groups is 3. The summed E-state index contributed by atoms with van der Waals surface area (Å²) < 4.78 is 22.8. The zero-order valence-electron chi connectivity index (χ0n) is 44.7. The maximum atomic E-state index is 12.9. The molecule has 0 saturated heterocycles. The summed E-state index contributed by atoms with van der Waals surface area (Å²) in [5.41, 5.74) is 0. The highest BCUT2D eigenvalue weighted by molar-refractivity contribution is 5.71. The molecule has 0 aromatic rings. The van der Waals surface area contributed by atoms with Gasteiger partial charge in [0.05, 0.1) is 34.4 Å². The number of hydrogen-bond acceptors (Lipinski definition) is 7. The van der Waals surface area contributed by atoms with E-state index in [0.29, 0.717) is 23.9 Å². The van der Waals surface area contributed by atoms with Crippen LogP contribution < -0.4 is 0 Å². The fraction of sp³-hybridized carbons (Fsp3) is 0.683. The Morgan fingerprint density at radius 3 is 1.19 bits per heavy atom. The first-order valence-electron chi connectivity index (χ1n) is 27.4. The minimum absolute atomic E-state index is 0.177. The standard InChI is InChI=1S/C60H101NO8/c1-6-8-10-12-14-16-18-20-22-23-24-25-26-27-28-29-30-31-32-33-34-35-37-39-41-43-45-47-49-51-58(63)69-56(55-68-60(59(64)65)66-53-52-61(3,4)5)54-67-57(62)50-48-46-44-42-40-38-36-21-19-17-15-13-11-9-7-2/h8-11,14-17,20-22,24-25,36,40,42,56,60H,6-7,12-13,18-19,23,26-35,37-39,41,43-55H2,1-5H3/p+1/b10-8-,11-9-,16-14-,17-15-,22-20-,25-24-,36-21-,42-40-. The number of ether oxygens (including phenoxy) is 4. The van der Waals surface area contributed by atoms with E-state index in [1.807, 2.05) is 21.1 Å².